The number of ether oxygens (including phenoxy) is 2. The van der Waals surface area contributed by atoms with Crippen LogP contribution in [0.5, 0.6) is 11.5 Å². The molecule has 1 fully saturated rings. The molecular weight excluding hydrogens is 318 g/mol. The van der Waals surface area contributed by atoms with Crippen molar-refractivity contribution in [2.45, 2.75) is 13.5 Å². The third kappa shape index (κ3) is 5.38. The number of carbonyl (C=O) groups excluding carboxylic acids is 1. The van der Waals surface area contributed by atoms with Gasteiger partial charge in [-0.2, -0.15) is 0 Å². The van der Waals surface area contributed by atoms with Crippen molar-refractivity contribution in [3.05, 3.63) is 23.3 Å². The fraction of sp³-hybridized carbons (Fsp3) is 0.526. The van der Waals surface area contributed by atoms with Crippen LogP contribution >= 0.6 is 0 Å². The lowest BCUT2D eigenvalue weighted by atomic mass is 10.1. The summed E-state index contributed by atoms with van der Waals surface area (Å²) < 4.78 is 10.7. The van der Waals surface area contributed by atoms with E-state index in [0.717, 1.165) is 44.2 Å². The van der Waals surface area contributed by atoms with E-state index in [1.54, 1.807) is 14.2 Å². The topological polar surface area (TPSA) is 54.0 Å². The summed E-state index contributed by atoms with van der Waals surface area (Å²) in [6, 6.07) is 4.06. The van der Waals surface area contributed by atoms with Gasteiger partial charge in [0.2, 0.25) is 5.91 Å². The lowest BCUT2D eigenvalue weighted by Gasteiger charge is -2.34. The van der Waals surface area contributed by atoms with Gasteiger partial charge in [-0.1, -0.05) is 5.92 Å². The summed E-state index contributed by atoms with van der Waals surface area (Å²) in [6.07, 6.45) is 5.15. The van der Waals surface area contributed by atoms with Gasteiger partial charge in [0.15, 0.2) is 11.5 Å². The zero-order chi connectivity index (χ0) is 18.2. The second-order valence-electron chi connectivity index (χ2n) is 6.17. The highest BCUT2D eigenvalue weighted by atomic mass is 16.5. The van der Waals surface area contributed by atoms with Gasteiger partial charge in [-0.05, 0) is 30.2 Å². The molecule has 6 heteroatoms. The number of piperazine rings is 1. The van der Waals surface area contributed by atoms with E-state index in [1.807, 2.05) is 12.1 Å². The molecule has 1 aliphatic rings. The predicted octanol–water partition coefficient (Wildman–Crippen LogP) is 0.879. The maximum Gasteiger partial charge on any atom is 0.234 e. The summed E-state index contributed by atoms with van der Waals surface area (Å²) in [7, 11) is 3.30. The Morgan fingerprint density at radius 1 is 1.16 bits per heavy atom. The van der Waals surface area contributed by atoms with Crippen LogP contribution in [0, 0.1) is 19.3 Å². The summed E-state index contributed by atoms with van der Waals surface area (Å²) in [5, 5.41) is 2.71. The van der Waals surface area contributed by atoms with Gasteiger partial charge in [0.25, 0.3) is 0 Å². The van der Waals surface area contributed by atoms with Crippen molar-refractivity contribution in [1.82, 2.24) is 15.1 Å². The van der Waals surface area contributed by atoms with E-state index in [9.17, 15) is 4.79 Å². The molecule has 1 aromatic carbocycles. The van der Waals surface area contributed by atoms with Crippen LogP contribution in [-0.2, 0) is 11.3 Å². The number of hydrogen-bond donors (Lipinski definition) is 1. The molecule has 0 saturated carbocycles. The first kappa shape index (κ1) is 19.1. The van der Waals surface area contributed by atoms with E-state index < -0.39 is 0 Å². The van der Waals surface area contributed by atoms with Gasteiger partial charge in [0, 0.05) is 32.7 Å². The zero-order valence-corrected chi connectivity index (χ0v) is 15.3. The summed E-state index contributed by atoms with van der Waals surface area (Å²) >= 11 is 0. The molecule has 25 heavy (non-hydrogen) atoms. The van der Waals surface area contributed by atoms with Crippen LogP contribution in [0.15, 0.2) is 12.1 Å². The maximum atomic E-state index is 11.7. The lowest BCUT2D eigenvalue weighted by molar-refractivity contribution is -0.122. The highest BCUT2D eigenvalue weighted by molar-refractivity contribution is 5.78. The normalized spacial score (nSPS) is 15.4. The Balaban J connectivity index is 1.88. The number of carbonyl (C=O) groups is 1. The average Bonchev–Trinajstić information content (AvgIpc) is 2.62. The van der Waals surface area contributed by atoms with E-state index >= 15 is 0 Å². The third-order valence-electron chi connectivity index (χ3n) is 4.46. The van der Waals surface area contributed by atoms with E-state index in [0.29, 0.717) is 6.54 Å². The van der Waals surface area contributed by atoms with Crippen LogP contribution in [0.1, 0.15) is 11.1 Å². The Morgan fingerprint density at radius 3 is 2.36 bits per heavy atom. The number of methoxy groups -OCH3 is 2. The number of terminal acetylenes is 1. The summed E-state index contributed by atoms with van der Waals surface area (Å²) in [6.45, 7) is 7.24. The van der Waals surface area contributed by atoms with E-state index in [1.165, 1.54) is 11.1 Å². The van der Waals surface area contributed by atoms with Crippen LogP contribution in [-0.4, -0.2) is 69.2 Å². The van der Waals surface area contributed by atoms with Crippen molar-refractivity contribution < 1.29 is 14.3 Å². The highest BCUT2D eigenvalue weighted by Crippen LogP contribution is 2.30. The molecule has 0 aromatic heterocycles. The molecule has 0 bridgehead atoms. The number of rotatable bonds is 7. The number of hydrogen-bond acceptors (Lipinski definition) is 5. The van der Waals surface area contributed by atoms with Gasteiger partial charge in [0.05, 0.1) is 27.3 Å². The largest absolute Gasteiger partial charge is 0.493 e. The predicted molar refractivity (Wildman–Crippen MR) is 97.8 cm³/mol. The van der Waals surface area contributed by atoms with Crippen LogP contribution in [0.2, 0.25) is 0 Å². The second-order valence-corrected chi connectivity index (χ2v) is 6.17. The molecule has 1 amide bonds. The Kier molecular flexibility index (Phi) is 7.11. The van der Waals surface area contributed by atoms with Gasteiger partial charge < -0.3 is 14.8 Å². The van der Waals surface area contributed by atoms with Gasteiger partial charge in [-0.15, -0.1) is 6.42 Å². The Bertz CT molecular complexity index is 632. The van der Waals surface area contributed by atoms with Crippen LogP contribution in [0.4, 0.5) is 0 Å². The van der Waals surface area contributed by atoms with Crippen LogP contribution in [0.25, 0.3) is 0 Å². The molecule has 1 aromatic rings. The second kappa shape index (κ2) is 9.30. The number of aryl methyl sites for hydroxylation is 1. The molecule has 2 rings (SSSR count). The highest BCUT2D eigenvalue weighted by Gasteiger charge is 2.20. The fourth-order valence-electron chi connectivity index (χ4n) is 2.95. The maximum absolute atomic E-state index is 11.7. The molecule has 0 unspecified atom stereocenters. The Morgan fingerprint density at radius 2 is 1.76 bits per heavy atom. The molecule has 0 radical (unpaired) electrons. The van der Waals surface area contributed by atoms with Crippen LogP contribution < -0.4 is 14.8 Å². The standard InChI is InChI=1S/C19H27N3O3/c1-5-6-20-19(23)14-22-9-7-21(8-10-22)13-16-12-18(25-4)17(24-3)11-15(16)2/h1,11-12H,6-10,13-14H2,2-4H3,(H,20,23). The summed E-state index contributed by atoms with van der Waals surface area (Å²) in [4.78, 5) is 16.3. The summed E-state index contributed by atoms with van der Waals surface area (Å²) in [5.74, 6) is 3.92. The molecule has 6 nitrogen and oxygen atoms in total. The van der Waals surface area contributed by atoms with Crippen LogP contribution in [0.3, 0.4) is 0 Å². The average molecular weight is 345 g/mol. The van der Waals surface area contributed by atoms with E-state index in [-0.39, 0.29) is 12.5 Å². The van der Waals surface area contributed by atoms with Crippen molar-refractivity contribution in [2.75, 3.05) is 53.5 Å². The minimum absolute atomic E-state index is 0.0119. The molecule has 1 saturated heterocycles. The number of nitrogens with zero attached hydrogens (tertiary/aromatic N) is 2. The molecule has 1 aliphatic heterocycles. The smallest absolute Gasteiger partial charge is 0.234 e. The number of amides is 1. The molecule has 1 N–H and O–H groups in total. The zero-order valence-electron chi connectivity index (χ0n) is 15.3. The third-order valence-corrected chi connectivity index (χ3v) is 4.46. The molecule has 1 heterocycles. The quantitative estimate of drug-likeness (QED) is 0.744. The molecule has 136 valence electrons. The van der Waals surface area contributed by atoms with E-state index in [4.69, 9.17) is 15.9 Å². The minimum atomic E-state index is -0.0119. The fourth-order valence-corrected chi connectivity index (χ4v) is 2.95. The van der Waals surface area contributed by atoms with Crippen molar-refractivity contribution in [1.29, 1.82) is 0 Å². The summed E-state index contributed by atoms with van der Waals surface area (Å²) in [5.41, 5.74) is 2.42. The van der Waals surface area contributed by atoms with Crippen molar-refractivity contribution in [3.8, 4) is 23.8 Å². The minimum Gasteiger partial charge on any atom is -0.493 e. The van der Waals surface area contributed by atoms with Crippen molar-refractivity contribution >= 4 is 5.91 Å². The van der Waals surface area contributed by atoms with Gasteiger partial charge in [-0.3, -0.25) is 14.6 Å². The Labute approximate surface area is 150 Å². The van der Waals surface area contributed by atoms with Crippen molar-refractivity contribution in [2.24, 2.45) is 0 Å². The molecule has 0 spiro atoms. The lowest BCUT2D eigenvalue weighted by Crippen LogP contribution is -2.49. The van der Waals surface area contributed by atoms with E-state index in [2.05, 4.69) is 28.0 Å². The number of benzene rings is 1. The first-order chi connectivity index (χ1) is 12.1. The van der Waals surface area contributed by atoms with Crippen molar-refractivity contribution in [3.63, 3.8) is 0 Å². The van der Waals surface area contributed by atoms with Gasteiger partial charge >= 0.3 is 0 Å². The first-order valence-electron chi connectivity index (χ1n) is 8.43. The SMILES string of the molecule is C#CCNC(=O)CN1CCN(Cc2cc(OC)c(OC)cc2C)CC1. The Hall–Kier alpha value is -2.23. The number of nitrogens with one attached hydrogen (secondary N) is 1. The molecular formula is C19H27N3O3. The molecule has 0 atom stereocenters. The first-order valence-corrected chi connectivity index (χ1v) is 8.43. The molecule has 0 aliphatic carbocycles. The van der Waals surface area contributed by atoms with Gasteiger partial charge in [0.1, 0.15) is 0 Å². The monoisotopic (exact) mass is 345 g/mol. The van der Waals surface area contributed by atoms with Gasteiger partial charge in [-0.25, -0.2) is 0 Å².